The van der Waals surface area contributed by atoms with Gasteiger partial charge >= 0.3 is 6.18 Å². The topological polar surface area (TPSA) is 31.6 Å². The number of aromatic amines is 2. The number of hydrogen-bond donors (Lipinski definition) is 2. The van der Waals surface area contributed by atoms with Crippen LogP contribution in [0.1, 0.15) is 22.3 Å². The summed E-state index contributed by atoms with van der Waals surface area (Å²) >= 11 is 7.33. The van der Waals surface area contributed by atoms with E-state index in [1.807, 2.05) is 24.3 Å². The molecular formula is C24H15ClF4N2. The smallest absolute Gasteiger partial charge is 0.361 e. The molecule has 1 unspecified atom stereocenters. The summed E-state index contributed by atoms with van der Waals surface area (Å²) in [6.45, 7) is 0. The molecule has 2 nitrogen and oxygen atoms in total. The Bertz CT molecular complexity index is 1400. The number of aromatic nitrogens is 2. The lowest BCUT2D eigenvalue weighted by molar-refractivity contribution is -0.137. The fraction of sp³-hybridized carbons (Fsp3) is 0.0833. The van der Waals surface area contributed by atoms with Crippen molar-refractivity contribution < 1.29 is 17.6 Å². The van der Waals surface area contributed by atoms with Crippen LogP contribution < -0.4 is 0 Å². The van der Waals surface area contributed by atoms with E-state index in [0.29, 0.717) is 22.1 Å². The Labute approximate surface area is 179 Å². The molecule has 2 heterocycles. The van der Waals surface area contributed by atoms with Gasteiger partial charge in [-0.25, -0.2) is 4.39 Å². The van der Waals surface area contributed by atoms with Gasteiger partial charge in [-0.05, 0) is 29.8 Å². The lowest BCUT2D eigenvalue weighted by Gasteiger charge is -2.28. The van der Waals surface area contributed by atoms with Crippen molar-refractivity contribution in [1.82, 2.24) is 9.97 Å². The van der Waals surface area contributed by atoms with Gasteiger partial charge in [0.1, 0.15) is 10.7 Å². The van der Waals surface area contributed by atoms with Gasteiger partial charge in [-0.1, -0.05) is 42.5 Å². The molecule has 0 aliphatic heterocycles. The molecule has 0 amide bonds. The summed E-state index contributed by atoms with van der Waals surface area (Å²) in [7, 11) is 0. The summed E-state index contributed by atoms with van der Waals surface area (Å²) in [6.07, 6.45) is -1.11. The number of hydrogen-bond acceptors (Lipinski definition) is 0. The van der Waals surface area contributed by atoms with Gasteiger partial charge < -0.3 is 9.97 Å². The van der Waals surface area contributed by atoms with Crippen LogP contribution in [0.25, 0.3) is 21.8 Å². The van der Waals surface area contributed by atoms with E-state index < -0.39 is 22.4 Å². The first-order valence-corrected chi connectivity index (χ1v) is 9.87. The Morgan fingerprint density at radius 3 is 2.03 bits per heavy atom. The highest BCUT2D eigenvalue weighted by atomic mass is 35.5. The van der Waals surface area contributed by atoms with Gasteiger partial charge in [0.25, 0.3) is 0 Å². The molecule has 0 saturated heterocycles. The fourth-order valence-corrected chi connectivity index (χ4v) is 4.54. The number of alkyl halides is 4. The molecule has 1 atom stereocenters. The van der Waals surface area contributed by atoms with Crippen molar-refractivity contribution in [3.05, 3.63) is 107 Å². The molecule has 156 valence electrons. The van der Waals surface area contributed by atoms with Gasteiger partial charge in [-0.15, -0.1) is 11.6 Å². The van der Waals surface area contributed by atoms with Crippen molar-refractivity contribution in [2.45, 2.75) is 11.1 Å². The summed E-state index contributed by atoms with van der Waals surface area (Å²) in [5.41, 5.74) is 2.01. The number of nitrogens with one attached hydrogen (secondary N) is 2. The summed E-state index contributed by atoms with van der Waals surface area (Å²) in [5, 5.41) is 1.38. The van der Waals surface area contributed by atoms with Crippen molar-refractivity contribution in [2.75, 3.05) is 0 Å². The summed E-state index contributed by atoms with van der Waals surface area (Å²) in [4.78, 5) is 4.73. The SMILES string of the molecule is Fc1cccc2c(C(Cl)(c3ccc(C(F)(F)F)cc3)c3c[nH]c4ccccc34)c[nH]c12. The predicted molar refractivity (Wildman–Crippen MR) is 114 cm³/mol. The number of H-pyrrole nitrogens is 2. The van der Waals surface area contributed by atoms with Crippen LogP contribution >= 0.6 is 11.6 Å². The predicted octanol–water partition coefficient (Wildman–Crippen LogP) is 7.34. The van der Waals surface area contributed by atoms with Crippen LogP contribution in [0.3, 0.4) is 0 Å². The zero-order chi connectivity index (χ0) is 21.8. The Morgan fingerprint density at radius 2 is 1.29 bits per heavy atom. The monoisotopic (exact) mass is 442 g/mol. The van der Waals surface area contributed by atoms with E-state index in [2.05, 4.69) is 9.97 Å². The van der Waals surface area contributed by atoms with Crippen molar-refractivity contribution in [3.63, 3.8) is 0 Å². The van der Waals surface area contributed by atoms with Gasteiger partial charge in [0.15, 0.2) is 0 Å². The maximum atomic E-state index is 14.4. The van der Waals surface area contributed by atoms with E-state index in [9.17, 15) is 17.6 Å². The molecule has 2 aromatic heterocycles. The first-order valence-electron chi connectivity index (χ1n) is 9.49. The molecule has 2 N–H and O–H groups in total. The average Bonchev–Trinajstić information content (AvgIpc) is 3.39. The van der Waals surface area contributed by atoms with Crippen LogP contribution in [0.15, 0.2) is 79.1 Å². The summed E-state index contributed by atoms with van der Waals surface area (Å²) in [5.74, 6) is -0.436. The normalized spacial score (nSPS) is 14.2. The quantitative estimate of drug-likeness (QED) is 0.216. The number of fused-ring (bicyclic) bond motifs is 2. The Balaban J connectivity index is 1.82. The molecule has 0 radical (unpaired) electrons. The van der Waals surface area contributed by atoms with E-state index in [1.165, 1.54) is 18.2 Å². The maximum Gasteiger partial charge on any atom is 0.416 e. The van der Waals surface area contributed by atoms with E-state index in [0.717, 1.165) is 23.0 Å². The molecule has 0 aliphatic carbocycles. The molecule has 0 fully saturated rings. The van der Waals surface area contributed by atoms with Crippen molar-refractivity contribution in [3.8, 4) is 0 Å². The third-order valence-electron chi connectivity index (χ3n) is 5.61. The first kappa shape index (κ1) is 19.7. The third-order valence-corrected chi connectivity index (χ3v) is 6.23. The number of halogens is 5. The molecule has 31 heavy (non-hydrogen) atoms. The van der Waals surface area contributed by atoms with Gasteiger partial charge in [-0.2, -0.15) is 13.2 Å². The molecular weight excluding hydrogens is 428 g/mol. The second-order valence-corrected chi connectivity index (χ2v) is 7.91. The van der Waals surface area contributed by atoms with Crippen LogP contribution in [0.5, 0.6) is 0 Å². The molecule has 5 rings (SSSR count). The lowest BCUT2D eigenvalue weighted by Crippen LogP contribution is -2.22. The fourth-order valence-electron chi connectivity index (χ4n) is 4.10. The second kappa shape index (κ2) is 6.89. The van der Waals surface area contributed by atoms with Gasteiger partial charge in [-0.3, -0.25) is 0 Å². The van der Waals surface area contributed by atoms with Crippen LogP contribution in [0.4, 0.5) is 17.6 Å². The standard InChI is InChI=1S/C24H15ClF4N2/c25-23(14-8-10-15(11-9-14)24(27,28)29,18-12-30-21-7-2-1-4-16(18)21)19-13-31-22-17(19)5-3-6-20(22)26/h1-13,30-31H. The maximum absolute atomic E-state index is 14.4. The summed E-state index contributed by atoms with van der Waals surface area (Å²) < 4.78 is 53.8. The van der Waals surface area contributed by atoms with Crippen molar-refractivity contribution in [2.24, 2.45) is 0 Å². The van der Waals surface area contributed by atoms with E-state index in [1.54, 1.807) is 24.5 Å². The lowest BCUT2D eigenvalue weighted by atomic mass is 9.83. The van der Waals surface area contributed by atoms with E-state index in [4.69, 9.17) is 11.6 Å². The van der Waals surface area contributed by atoms with E-state index in [-0.39, 0.29) is 5.52 Å². The Morgan fingerprint density at radius 1 is 0.677 bits per heavy atom. The molecule has 7 heteroatoms. The molecule has 0 bridgehead atoms. The number of para-hydroxylation sites is 2. The average molecular weight is 443 g/mol. The molecule has 5 aromatic rings. The van der Waals surface area contributed by atoms with Crippen LogP contribution in [0.2, 0.25) is 0 Å². The Hall–Kier alpha value is -3.25. The third kappa shape index (κ3) is 3.01. The minimum Gasteiger partial charge on any atom is -0.361 e. The highest BCUT2D eigenvalue weighted by molar-refractivity contribution is 6.30. The minimum absolute atomic E-state index is 0.286. The molecule has 0 spiro atoms. The number of rotatable bonds is 3. The van der Waals surface area contributed by atoms with Crippen molar-refractivity contribution >= 4 is 33.4 Å². The molecule has 0 saturated carbocycles. The largest absolute Gasteiger partial charge is 0.416 e. The van der Waals surface area contributed by atoms with Crippen molar-refractivity contribution in [1.29, 1.82) is 0 Å². The molecule has 3 aromatic carbocycles. The van der Waals surface area contributed by atoms with Crippen LogP contribution in [-0.4, -0.2) is 9.97 Å². The second-order valence-electron chi connectivity index (χ2n) is 7.35. The highest BCUT2D eigenvalue weighted by Gasteiger charge is 2.39. The summed E-state index contributed by atoms with van der Waals surface area (Å²) in [6, 6.07) is 16.9. The molecule has 0 aliphatic rings. The number of benzene rings is 3. The first-order chi connectivity index (χ1) is 14.8. The minimum atomic E-state index is -4.46. The van der Waals surface area contributed by atoms with Gasteiger partial charge in [0.05, 0.1) is 11.1 Å². The van der Waals surface area contributed by atoms with Crippen LogP contribution in [0, 0.1) is 5.82 Å². The van der Waals surface area contributed by atoms with E-state index >= 15 is 0 Å². The van der Waals surface area contributed by atoms with Crippen LogP contribution in [-0.2, 0) is 11.1 Å². The highest BCUT2D eigenvalue weighted by Crippen LogP contribution is 2.48. The Kier molecular flexibility index (Phi) is 4.38. The zero-order valence-electron chi connectivity index (χ0n) is 15.9. The van der Waals surface area contributed by atoms with Gasteiger partial charge in [0, 0.05) is 39.8 Å². The zero-order valence-corrected chi connectivity index (χ0v) is 16.7. The van der Waals surface area contributed by atoms with Gasteiger partial charge in [0.2, 0.25) is 0 Å².